The Hall–Kier alpha value is -1.91. The van der Waals surface area contributed by atoms with Crippen molar-refractivity contribution in [1.29, 1.82) is 0 Å². The van der Waals surface area contributed by atoms with Crippen molar-refractivity contribution in [3.8, 4) is 0 Å². The molecule has 4 rings (SSSR count). The van der Waals surface area contributed by atoms with Gasteiger partial charge in [0.05, 0.1) is 0 Å². The molecule has 0 aromatic heterocycles. The lowest BCUT2D eigenvalue weighted by Crippen LogP contribution is -2.58. The molecular weight excluding hydrogens is 416 g/mol. The number of rotatable bonds is 5. The fourth-order valence-electron chi connectivity index (χ4n) is 8.14. The van der Waals surface area contributed by atoms with Crippen LogP contribution in [0.1, 0.15) is 92.9 Å². The van der Waals surface area contributed by atoms with E-state index in [0.29, 0.717) is 30.6 Å². The molecule has 4 aliphatic carbocycles. The second-order valence-electron chi connectivity index (χ2n) is 11.4. The zero-order chi connectivity index (χ0) is 24.2. The molecule has 0 aliphatic heterocycles. The summed E-state index contributed by atoms with van der Waals surface area (Å²) in [5.74, 6) is 0.674. The van der Waals surface area contributed by atoms with Crippen LogP contribution in [-0.2, 0) is 23.9 Å². The zero-order valence-corrected chi connectivity index (χ0v) is 21.2. The number of esters is 2. The Morgan fingerprint density at radius 2 is 1.70 bits per heavy atom. The molecule has 0 bridgehead atoms. The zero-order valence-electron chi connectivity index (χ0n) is 21.2. The number of allylic oxidation sites excluding steroid dienone is 3. The van der Waals surface area contributed by atoms with Crippen LogP contribution in [0.4, 0.5) is 0 Å². The third-order valence-corrected chi connectivity index (χ3v) is 9.68. The van der Waals surface area contributed by atoms with Crippen LogP contribution in [0.15, 0.2) is 23.3 Å². The van der Waals surface area contributed by atoms with E-state index in [-0.39, 0.29) is 34.7 Å². The minimum absolute atomic E-state index is 0.0149. The summed E-state index contributed by atoms with van der Waals surface area (Å²) in [6, 6.07) is 0. The molecule has 0 unspecified atom stereocenters. The van der Waals surface area contributed by atoms with Crippen LogP contribution >= 0.6 is 0 Å². The number of Topliss-reactive ketones (excluding diaryl/α,β-unsaturated/α-hetero) is 1. The molecule has 0 aromatic rings. The van der Waals surface area contributed by atoms with Crippen molar-refractivity contribution in [2.45, 2.75) is 105 Å². The predicted octanol–water partition coefficient (Wildman–Crippen LogP) is 5.72. The quantitative estimate of drug-likeness (QED) is 0.495. The van der Waals surface area contributed by atoms with E-state index in [1.165, 1.54) is 18.1 Å². The highest BCUT2D eigenvalue weighted by Crippen LogP contribution is 2.68. The Labute approximate surface area is 198 Å². The molecule has 0 saturated heterocycles. The number of hydrogen-bond donors (Lipinski definition) is 0. The highest BCUT2D eigenvalue weighted by Gasteiger charge is 2.67. The largest absolute Gasteiger partial charge is 0.458 e. The van der Waals surface area contributed by atoms with Gasteiger partial charge in [-0.15, -0.1) is 0 Å². The lowest BCUT2D eigenvalue weighted by Gasteiger charge is -2.58. The first-order chi connectivity index (χ1) is 15.5. The maximum atomic E-state index is 12.9. The van der Waals surface area contributed by atoms with Gasteiger partial charge < -0.3 is 9.47 Å². The van der Waals surface area contributed by atoms with Gasteiger partial charge in [0, 0.05) is 18.8 Å². The van der Waals surface area contributed by atoms with Crippen LogP contribution in [0.5, 0.6) is 0 Å². The van der Waals surface area contributed by atoms with Gasteiger partial charge >= 0.3 is 11.9 Å². The van der Waals surface area contributed by atoms with E-state index in [2.05, 4.69) is 32.9 Å². The maximum Gasteiger partial charge on any atom is 0.306 e. The summed E-state index contributed by atoms with van der Waals surface area (Å²) in [5.41, 5.74) is 1.31. The van der Waals surface area contributed by atoms with Crippen molar-refractivity contribution < 1.29 is 23.9 Å². The van der Waals surface area contributed by atoms with Gasteiger partial charge in [0.2, 0.25) is 0 Å². The number of hydrogen-bond acceptors (Lipinski definition) is 5. The third kappa shape index (κ3) is 3.61. The molecule has 0 heterocycles. The minimum atomic E-state index is -1.00. The first-order valence-electron chi connectivity index (χ1n) is 12.8. The van der Waals surface area contributed by atoms with Gasteiger partial charge in [-0.05, 0) is 93.6 Å². The summed E-state index contributed by atoms with van der Waals surface area (Å²) in [5, 5.41) is 0. The molecule has 7 atom stereocenters. The molecule has 5 heteroatoms. The van der Waals surface area contributed by atoms with E-state index >= 15 is 0 Å². The molecule has 5 nitrogen and oxygen atoms in total. The molecule has 33 heavy (non-hydrogen) atoms. The van der Waals surface area contributed by atoms with Gasteiger partial charge in [-0.25, -0.2) is 0 Å². The van der Waals surface area contributed by atoms with Crippen molar-refractivity contribution in [3.63, 3.8) is 0 Å². The second kappa shape index (κ2) is 8.39. The van der Waals surface area contributed by atoms with Crippen molar-refractivity contribution in [1.82, 2.24) is 0 Å². The monoisotopic (exact) mass is 456 g/mol. The average Bonchev–Trinajstić information content (AvgIpc) is 3.02. The highest BCUT2D eigenvalue weighted by atomic mass is 16.6. The van der Waals surface area contributed by atoms with E-state index in [1.807, 2.05) is 6.92 Å². The Kier molecular flexibility index (Phi) is 6.16. The molecule has 0 radical (unpaired) electrons. The van der Waals surface area contributed by atoms with Gasteiger partial charge in [0.15, 0.2) is 11.4 Å². The summed E-state index contributed by atoms with van der Waals surface area (Å²) < 4.78 is 11.6. The summed E-state index contributed by atoms with van der Waals surface area (Å²) in [6.07, 6.45) is 11.0. The lowest BCUT2D eigenvalue weighted by molar-refractivity contribution is -0.185. The number of carbonyl (C=O) groups excluding carboxylic acids is 3. The predicted molar refractivity (Wildman–Crippen MR) is 126 cm³/mol. The van der Waals surface area contributed by atoms with Crippen LogP contribution in [0.25, 0.3) is 0 Å². The van der Waals surface area contributed by atoms with Gasteiger partial charge in [-0.2, -0.15) is 0 Å². The molecule has 2 fully saturated rings. The normalized spacial score (nSPS) is 41.6. The van der Waals surface area contributed by atoms with Crippen LogP contribution in [0.3, 0.4) is 0 Å². The number of carbonyl (C=O) groups is 3. The summed E-state index contributed by atoms with van der Waals surface area (Å²) in [4.78, 5) is 37.0. The Balaban J connectivity index is 1.68. The smallest absolute Gasteiger partial charge is 0.306 e. The van der Waals surface area contributed by atoms with Crippen LogP contribution in [-0.4, -0.2) is 29.4 Å². The van der Waals surface area contributed by atoms with Crippen LogP contribution in [0, 0.1) is 28.6 Å². The standard InChI is InChI=1S/C28H40O5/c1-7-8-25(31)32-20-9-12-26(5)22-10-13-27(6)23(21(22)15-17(2)24(26)16-20)11-14-28(27,18(3)29)33-19(4)30/h15-16,20-23H,7-14H2,1-6H3/t20-,21-,22+,23+,26-,27+,28+/m1/s1. The first-order valence-corrected chi connectivity index (χ1v) is 12.8. The number of ketones is 1. The SMILES string of the molecule is CCCC(=O)O[C@H]1C=C2C(C)=C[C@@H]3[C@H](CC[C@@]4(C)[C@H]3CC[C@]4(OC(C)=O)C(C)=O)[C@@]2(C)CC1. The minimum Gasteiger partial charge on any atom is -0.458 e. The van der Waals surface area contributed by atoms with Crippen LogP contribution in [0.2, 0.25) is 0 Å². The molecule has 0 N–H and O–H groups in total. The Morgan fingerprint density at radius 1 is 1.00 bits per heavy atom. The fraction of sp³-hybridized carbons (Fsp3) is 0.750. The van der Waals surface area contributed by atoms with Crippen molar-refractivity contribution in [3.05, 3.63) is 23.3 Å². The summed E-state index contributed by atoms with van der Waals surface area (Å²) >= 11 is 0. The van der Waals surface area contributed by atoms with E-state index in [0.717, 1.165) is 38.5 Å². The average molecular weight is 457 g/mol. The second-order valence-corrected chi connectivity index (χ2v) is 11.4. The molecule has 182 valence electrons. The van der Waals surface area contributed by atoms with E-state index in [4.69, 9.17) is 9.47 Å². The molecular formula is C28H40O5. The Bertz CT molecular complexity index is 915. The Morgan fingerprint density at radius 3 is 2.33 bits per heavy atom. The third-order valence-electron chi connectivity index (χ3n) is 9.68. The lowest BCUT2D eigenvalue weighted by atomic mass is 9.47. The molecule has 4 aliphatic rings. The topological polar surface area (TPSA) is 69.7 Å². The van der Waals surface area contributed by atoms with Crippen molar-refractivity contribution >= 4 is 17.7 Å². The van der Waals surface area contributed by atoms with Crippen LogP contribution < -0.4 is 0 Å². The fourth-order valence-corrected chi connectivity index (χ4v) is 8.14. The highest BCUT2D eigenvalue weighted by molar-refractivity contribution is 5.89. The number of ether oxygens (including phenoxy) is 2. The van der Waals surface area contributed by atoms with E-state index < -0.39 is 5.60 Å². The first kappa shape index (κ1) is 24.2. The summed E-state index contributed by atoms with van der Waals surface area (Å²) in [7, 11) is 0. The van der Waals surface area contributed by atoms with Gasteiger partial charge in [0.25, 0.3) is 0 Å². The molecule has 0 amide bonds. The number of fused-ring (bicyclic) bond motifs is 5. The maximum absolute atomic E-state index is 12.9. The van der Waals surface area contributed by atoms with Gasteiger partial charge in [-0.3, -0.25) is 14.4 Å². The van der Waals surface area contributed by atoms with Gasteiger partial charge in [-0.1, -0.05) is 32.4 Å². The van der Waals surface area contributed by atoms with E-state index in [9.17, 15) is 14.4 Å². The van der Waals surface area contributed by atoms with Crippen molar-refractivity contribution in [2.75, 3.05) is 0 Å². The van der Waals surface area contributed by atoms with Crippen molar-refractivity contribution in [2.24, 2.45) is 28.6 Å². The summed E-state index contributed by atoms with van der Waals surface area (Å²) in [6.45, 7) is 11.8. The van der Waals surface area contributed by atoms with E-state index in [1.54, 1.807) is 6.92 Å². The van der Waals surface area contributed by atoms with Gasteiger partial charge in [0.1, 0.15) is 6.10 Å². The molecule has 0 spiro atoms. The molecule has 2 saturated carbocycles. The molecule has 0 aromatic carbocycles.